The molecule has 0 saturated carbocycles. The average molecular weight is 491 g/mol. The maximum absolute atomic E-state index is 12.4. The van der Waals surface area contributed by atoms with Gasteiger partial charge in [0, 0.05) is 11.1 Å². The standard InChI is InChI=1S/C22H26N4O8.CH4/c1-11(27)17(21(31)25-33)23-19(29)15-7-3-13(4-8-15)14-5-9-16(10-6-14)20(30)24-18(12(2)28)22(32)26-34;/h3-12,17-18,27-28,33-34H,1-2H3,(H,23,29)(H,24,30)(H,25,31)(H,26,32);1H4/t11-,12-,17-,18+;/m1./s1. The highest BCUT2D eigenvalue weighted by molar-refractivity contribution is 5.99. The molecule has 2 aromatic carbocycles. The van der Waals surface area contributed by atoms with E-state index in [1.54, 1.807) is 24.3 Å². The Kier molecular flexibility index (Phi) is 11.0. The second-order valence-electron chi connectivity index (χ2n) is 7.49. The van der Waals surface area contributed by atoms with Crippen LogP contribution in [-0.4, -0.2) is 68.5 Å². The first-order valence-electron chi connectivity index (χ1n) is 10.1. The highest BCUT2D eigenvalue weighted by Gasteiger charge is 2.26. The normalized spacial score (nSPS) is 13.8. The first kappa shape index (κ1) is 29.2. The summed E-state index contributed by atoms with van der Waals surface area (Å²) in [5.74, 6) is -3.18. The summed E-state index contributed by atoms with van der Waals surface area (Å²) in [4.78, 5) is 47.9. The summed E-state index contributed by atoms with van der Waals surface area (Å²) in [6.07, 6.45) is -2.47. The molecular formula is C23H30N4O8. The van der Waals surface area contributed by atoms with E-state index in [-0.39, 0.29) is 18.6 Å². The predicted octanol–water partition coefficient (Wildman–Crippen LogP) is -0.0411. The van der Waals surface area contributed by atoms with Gasteiger partial charge in [0.15, 0.2) is 0 Å². The van der Waals surface area contributed by atoms with Crippen LogP contribution in [0, 0.1) is 0 Å². The van der Waals surface area contributed by atoms with Gasteiger partial charge in [0.25, 0.3) is 23.6 Å². The molecule has 12 nitrogen and oxygen atoms in total. The molecule has 0 fully saturated rings. The molecule has 190 valence electrons. The van der Waals surface area contributed by atoms with Gasteiger partial charge in [-0.3, -0.25) is 29.6 Å². The van der Waals surface area contributed by atoms with Crippen LogP contribution in [0.5, 0.6) is 0 Å². The number of aliphatic hydroxyl groups is 2. The van der Waals surface area contributed by atoms with Gasteiger partial charge in [-0.05, 0) is 49.2 Å². The van der Waals surface area contributed by atoms with Crippen molar-refractivity contribution in [3.63, 3.8) is 0 Å². The predicted molar refractivity (Wildman–Crippen MR) is 124 cm³/mol. The molecule has 0 aromatic heterocycles. The molecule has 0 aliphatic rings. The maximum Gasteiger partial charge on any atom is 0.268 e. The third-order valence-electron chi connectivity index (χ3n) is 4.95. The fraction of sp³-hybridized carbons (Fsp3) is 0.304. The molecule has 0 bridgehead atoms. The van der Waals surface area contributed by atoms with Crippen LogP contribution in [0.1, 0.15) is 42.0 Å². The van der Waals surface area contributed by atoms with E-state index in [9.17, 15) is 29.4 Å². The summed E-state index contributed by atoms with van der Waals surface area (Å²) in [6, 6.07) is 9.89. The molecule has 2 rings (SSSR count). The minimum absolute atomic E-state index is 0. The van der Waals surface area contributed by atoms with Crippen LogP contribution in [0.15, 0.2) is 48.5 Å². The summed E-state index contributed by atoms with van der Waals surface area (Å²) in [7, 11) is 0. The third-order valence-corrected chi connectivity index (χ3v) is 4.95. The van der Waals surface area contributed by atoms with Crippen molar-refractivity contribution in [3.8, 4) is 11.1 Å². The largest absolute Gasteiger partial charge is 0.391 e. The summed E-state index contributed by atoms with van der Waals surface area (Å²) >= 11 is 0. The van der Waals surface area contributed by atoms with Crippen LogP contribution in [-0.2, 0) is 9.59 Å². The van der Waals surface area contributed by atoms with Crippen LogP contribution in [0.4, 0.5) is 0 Å². The van der Waals surface area contributed by atoms with Crippen LogP contribution in [0.3, 0.4) is 0 Å². The van der Waals surface area contributed by atoms with E-state index >= 15 is 0 Å². The highest BCUT2D eigenvalue weighted by atomic mass is 16.5. The monoisotopic (exact) mass is 490 g/mol. The molecule has 0 aliphatic heterocycles. The lowest BCUT2D eigenvalue weighted by atomic mass is 10.0. The van der Waals surface area contributed by atoms with E-state index in [1.165, 1.54) is 49.1 Å². The van der Waals surface area contributed by atoms with E-state index in [0.29, 0.717) is 11.1 Å². The Hall–Kier alpha value is -3.84. The number of hydroxylamine groups is 2. The van der Waals surface area contributed by atoms with Crippen molar-refractivity contribution in [2.75, 3.05) is 0 Å². The minimum atomic E-state index is -1.34. The van der Waals surface area contributed by atoms with Crippen molar-refractivity contribution in [2.24, 2.45) is 0 Å². The Bertz CT molecular complexity index is 939. The van der Waals surface area contributed by atoms with E-state index in [0.717, 1.165) is 0 Å². The fourth-order valence-corrected chi connectivity index (χ4v) is 3.03. The number of carbonyl (C=O) groups is 4. The van der Waals surface area contributed by atoms with Crippen molar-refractivity contribution < 1.29 is 39.8 Å². The Morgan fingerprint density at radius 1 is 0.629 bits per heavy atom. The Balaban J connectivity index is 0.00000612. The molecule has 0 aliphatic carbocycles. The Morgan fingerprint density at radius 3 is 1.14 bits per heavy atom. The second kappa shape index (κ2) is 13.2. The van der Waals surface area contributed by atoms with E-state index in [2.05, 4.69) is 10.6 Å². The number of rotatable bonds is 9. The molecule has 35 heavy (non-hydrogen) atoms. The fourth-order valence-electron chi connectivity index (χ4n) is 3.03. The van der Waals surface area contributed by atoms with Gasteiger partial charge in [0.05, 0.1) is 12.2 Å². The third kappa shape index (κ3) is 7.58. The van der Waals surface area contributed by atoms with E-state index in [4.69, 9.17) is 10.4 Å². The quantitative estimate of drug-likeness (QED) is 0.177. The molecule has 4 amide bonds. The zero-order valence-corrected chi connectivity index (χ0v) is 18.4. The first-order valence-corrected chi connectivity index (χ1v) is 10.1. The van der Waals surface area contributed by atoms with Gasteiger partial charge in [-0.1, -0.05) is 31.7 Å². The van der Waals surface area contributed by atoms with Gasteiger partial charge in [-0.2, -0.15) is 0 Å². The smallest absolute Gasteiger partial charge is 0.268 e. The lowest BCUT2D eigenvalue weighted by molar-refractivity contribution is -0.134. The Morgan fingerprint density at radius 2 is 0.914 bits per heavy atom. The number of benzene rings is 2. The maximum atomic E-state index is 12.4. The molecule has 4 atom stereocenters. The van der Waals surface area contributed by atoms with Crippen LogP contribution in [0.2, 0.25) is 0 Å². The summed E-state index contributed by atoms with van der Waals surface area (Å²) in [5.41, 5.74) is 4.62. The van der Waals surface area contributed by atoms with Crippen molar-refractivity contribution in [3.05, 3.63) is 59.7 Å². The molecular weight excluding hydrogens is 460 g/mol. The van der Waals surface area contributed by atoms with Gasteiger partial charge in [0.2, 0.25) is 0 Å². The van der Waals surface area contributed by atoms with Gasteiger partial charge in [-0.15, -0.1) is 0 Å². The van der Waals surface area contributed by atoms with Gasteiger partial charge in [0.1, 0.15) is 12.1 Å². The number of aliphatic hydroxyl groups excluding tert-OH is 2. The van der Waals surface area contributed by atoms with E-state index < -0.39 is 47.9 Å². The number of carbonyl (C=O) groups excluding carboxylic acids is 4. The Labute approximate surface area is 201 Å². The van der Waals surface area contributed by atoms with Crippen LogP contribution >= 0.6 is 0 Å². The molecule has 2 aromatic rings. The number of hydrogen-bond acceptors (Lipinski definition) is 8. The first-order chi connectivity index (χ1) is 16.1. The highest BCUT2D eigenvalue weighted by Crippen LogP contribution is 2.21. The van der Waals surface area contributed by atoms with Gasteiger partial charge >= 0.3 is 0 Å². The molecule has 0 heterocycles. The van der Waals surface area contributed by atoms with Crippen molar-refractivity contribution in [1.29, 1.82) is 0 Å². The van der Waals surface area contributed by atoms with Crippen molar-refractivity contribution in [2.45, 2.75) is 45.6 Å². The molecule has 0 saturated heterocycles. The summed E-state index contributed by atoms with van der Waals surface area (Å²) in [5, 5.41) is 41.4. The number of amides is 4. The average Bonchev–Trinajstić information content (AvgIpc) is 2.84. The molecule has 0 unspecified atom stereocenters. The van der Waals surface area contributed by atoms with E-state index in [1.807, 2.05) is 0 Å². The van der Waals surface area contributed by atoms with Crippen molar-refractivity contribution in [1.82, 2.24) is 21.6 Å². The van der Waals surface area contributed by atoms with Gasteiger partial charge in [-0.25, -0.2) is 11.0 Å². The lowest BCUT2D eigenvalue weighted by Gasteiger charge is -2.19. The van der Waals surface area contributed by atoms with Crippen LogP contribution in [0.25, 0.3) is 11.1 Å². The number of hydrogen-bond donors (Lipinski definition) is 8. The molecule has 12 heteroatoms. The zero-order valence-electron chi connectivity index (χ0n) is 18.4. The SMILES string of the molecule is C.C[C@@H](O)[C@H](NC(=O)c1ccc(-c2ccc(C(=O)N[C@@H](C(=O)NO)[C@@H](C)O)cc2)cc1)C(=O)NO. The van der Waals surface area contributed by atoms with Gasteiger partial charge < -0.3 is 20.8 Å². The molecule has 0 spiro atoms. The zero-order chi connectivity index (χ0) is 25.4. The lowest BCUT2D eigenvalue weighted by Crippen LogP contribution is -2.51. The summed E-state index contributed by atoms with van der Waals surface area (Å²) < 4.78 is 0. The summed E-state index contributed by atoms with van der Waals surface area (Å²) in [6.45, 7) is 2.58. The second-order valence-corrected chi connectivity index (χ2v) is 7.49. The molecule has 0 radical (unpaired) electrons. The molecule has 8 N–H and O–H groups in total. The topological polar surface area (TPSA) is 197 Å². The van der Waals surface area contributed by atoms with Crippen molar-refractivity contribution >= 4 is 23.6 Å². The van der Waals surface area contributed by atoms with Crippen LogP contribution < -0.4 is 21.6 Å². The minimum Gasteiger partial charge on any atom is -0.391 e. The number of nitrogens with one attached hydrogen (secondary N) is 4.